The number of aromatic nitrogens is 1. The summed E-state index contributed by atoms with van der Waals surface area (Å²) >= 11 is 0. The van der Waals surface area contributed by atoms with Crippen molar-refractivity contribution in [3.05, 3.63) is 23.9 Å². The topological polar surface area (TPSA) is 45.1 Å². The SMILES string of the molecule is CCCC(O)CNc1ccc(C(C)(C)C)cn1. The van der Waals surface area contributed by atoms with Crippen molar-refractivity contribution < 1.29 is 5.11 Å². The average Bonchev–Trinajstić information content (AvgIpc) is 2.26. The Bertz CT molecular complexity index is 327. The highest BCUT2D eigenvalue weighted by atomic mass is 16.3. The van der Waals surface area contributed by atoms with Crippen LogP contribution in [0.1, 0.15) is 46.1 Å². The zero-order valence-electron chi connectivity index (χ0n) is 11.3. The largest absolute Gasteiger partial charge is 0.391 e. The Balaban J connectivity index is 2.51. The Morgan fingerprint density at radius 2 is 2.06 bits per heavy atom. The van der Waals surface area contributed by atoms with Crippen molar-refractivity contribution in [2.45, 2.75) is 52.1 Å². The molecule has 1 unspecified atom stereocenters. The lowest BCUT2D eigenvalue weighted by atomic mass is 9.88. The summed E-state index contributed by atoms with van der Waals surface area (Å²) < 4.78 is 0. The normalized spacial score (nSPS) is 13.5. The van der Waals surface area contributed by atoms with E-state index in [2.05, 4.69) is 44.1 Å². The highest BCUT2D eigenvalue weighted by Gasteiger charge is 2.13. The third-order valence-electron chi connectivity index (χ3n) is 2.77. The first-order chi connectivity index (χ1) is 7.93. The maximum absolute atomic E-state index is 9.60. The summed E-state index contributed by atoms with van der Waals surface area (Å²) in [5, 5.41) is 12.8. The van der Waals surface area contributed by atoms with Crippen LogP contribution in [0, 0.1) is 0 Å². The van der Waals surface area contributed by atoms with Crippen molar-refractivity contribution in [1.82, 2.24) is 4.98 Å². The summed E-state index contributed by atoms with van der Waals surface area (Å²) in [7, 11) is 0. The van der Waals surface area contributed by atoms with E-state index in [9.17, 15) is 5.11 Å². The first-order valence-electron chi connectivity index (χ1n) is 6.32. The summed E-state index contributed by atoms with van der Waals surface area (Å²) in [6, 6.07) is 4.06. The maximum Gasteiger partial charge on any atom is 0.125 e. The molecule has 2 N–H and O–H groups in total. The Morgan fingerprint density at radius 1 is 1.35 bits per heavy atom. The van der Waals surface area contributed by atoms with Crippen molar-refractivity contribution >= 4 is 5.82 Å². The molecule has 0 saturated heterocycles. The van der Waals surface area contributed by atoms with E-state index < -0.39 is 0 Å². The van der Waals surface area contributed by atoms with Gasteiger partial charge >= 0.3 is 0 Å². The van der Waals surface area contributed by atoms with Gasteiger partial charge in [-0.2, -0.15) is 0 Å². The molecule has 1 rings (SSSR count). The predicted molar refractivity (Wildman–Crippen MR) is 72.3 cm³/mol. The van der Waals surface area contributed by atoms with Crippen LogP contribution in [0.15, 0.2) is 18.3 Å². The molecule has 96 valence electrons. The lowest BCUT2D eigenvalue weighted by Crippen LogP contribution is -2.19. The molecule has 0 fully saturated rings. The Labute approximate surface area is 104 Å². The van der Waals surface area contributed by atoms with Crippen LogP contribution < -0.4 is 5.32 Å². The highest BCUT2D eigenvalue weighted by Crippen LogP contribution is 2.21. The zero-order chi connectivity index (χ0) is 12.9. The second-order valence-corrected chi connectivity index (χ2v) is 5.51. The van der Waals surface area contributed by atoms with Crippen LogP contribution in [-0.4, -0.2) is 22.7 Å². The monoisotopic (exact) mass is 236 g/mol. The minimum absolute atomic E-state index is 0.132. The number of nitrogens with one attached hydrogen (secondary N) is 1. The Kier molecular flexibility index (Phi) is 4.94. The summed E-state index contributed by atoms with van der Waals surface area (Å²) in [5.74, 6) is 0.827. The van der Waals surface area contributed by atoms with Crippen molar-refractivity contribution in [1.29, 1.82) is 0 Å². The number of nitrogens with zero attached hydrogens (tertiary/aromatic N) is 1. The molecule has 0 aliphatic rings. The molecule has 0 amide bonds. The van der Waals surface area contributed by atoms with Crippen LogP contribution >= 0.6 is 0 Å². The van der Waals surface area contributed by atoms with E-state index in [-0.39, 0.29) is 11.5 Å². The van der Waals surface area contributed by atoms with Gasteiger partial charge in [0.1, 0.15) is 5.82 Å². The zero-order valence-corrected chi connectivity index (χ0v) is 11.3. The maximum atomic E-state index is 9.60. The van der Waals surface area contributed by atoms with Gasteiger partial charge in [-0.05, 0) is 23.5 Å². The summed E-state index contributed by atoms with van der Waals surface area (Å²) in [6.45, 7) is 9.14. The van der Waals surface area contributed by atoms with E-state index in [1.807, 2.05) is 12.3 Å². The number of hydrogen-bond acceptors (Lipinski definition) is 3. The molecule has 0 aliphatic carbocycles. The van der Waals surface area contributed by atoms with Gasteiger partial charge in [0.05, 0.1) is 6.10 Å². The number of aliphatic hydroxyl groups is 1. The number of hydrogen-bond donors (Lipinski definition) is 2. The van der Waals surface area contributed by atoms with E-state index >= 15 is 0 Å². The van der Waals surface area contributed by atoms with Crippen molar-refractivity contribution in [3.8, 4) is 0 Å². The van der Waals surface area contributed by atoms with Gasteiger partial charge in [-0.15, -0.1) is 0 Å². The van der Waals surface area contributed by atoms with Gasteiger partial charge in [-0.3, -0.25) is 0 Å². The Hall–Kier alpha value is -1.09. The number of anilines is 1. The molecule has 0 bridgehead atoms. The first kappa shape index (κ1) is 14.0. The van der Waals surface area contributed by atoms with Gasteiger partial charge in [0, 0.05) is 12.7 Å². The van der Waals surface area contributed by atoms with Gasteiger partial charge in [0.25, 0.3) is 0 Å². The van der Waals surface area contributed by atoms with E-state index in [0.29, 0.717) is 6.54 Å². The summed E-state index contributed by atoms with van der Waals surface area (Å²) in [4.78, 5) is 4.36. The molecule has 1 atom stereocenters. The van der Waals surface area contributed by atoms with Crippen molar-refractivity contribution in [2.24, 2.45) is 0 Å². The van der Waals surface area contributed by atoms with E-state index in [1.54, 1.807) is 0 Å². The second-order valence-electron chi connectivity index (χ2n) is 5.51. The molecule has 0 saturated carbocycles. The number of aliphatic hydroxyl groups excluding tert-OH is 1. The summed E-state index contributed by atoms with van der Waals surface area (Å²) in [6.07, 6.45) is 3.44. The fourth-order valence-electron chi connectivity index (χ4n) is 1.60. The van der Waals surface area contributed by atoms with Crippen LogP contribution in [0.4, 0.5) is 5.82 Å². The van der Waals surface area contributed by atoms with Crippen LogP contribution in [0.2, 0.25) is 0 Å². The van der Waals surface area contributed by atoms with E-state index in [4.69, 9.17) is 0 Å². The van der Waals surface area contributed by atoms with Crippen LogP contribution in [0.25, 0.3) is 0 Å². The van der Waals surface area contributed by atoms with E-state index in [0.717, 1.165) is 18.7 Å². The van der Waals surface area contributed by atoms with Crippen molar-refractivity contribution in [2.75, 3.05) is 11.9 Å². The molecule has 0 aromatic carbocycles. The molecule has 0 aliphatic heterocycles. The smallest absolute Gasteiger partial charge is 0.125 e. The number of pyridine rings is 1. The third kappa shape index (κ3) is 4.73. The van der Waals surface area contributed by atoms with Gasteiger partial charge < -0.3 is 10.4 Å². The van der Waals surface area contributed by atoms with Gasteiger partial charge in [-0.1, -0.05) is 40.2 Å². The standard InChI is InChI=1S/C14H24N2O/c1-5-6-12(17)10-16-13-8-7-11(9-15-13)14(2,3)4/h7-9,12,17H,5-6,10H2,1-4H3,(H,15,16). The molecule has 1 heterocycles. The average molecular weight is 236 g/mol. The van der Waals surface area contributed by atoms with Gasteiger partial charge in [0.15, 0.2) is 0 Å². The summed E-state index contributed by atoms with van der Waals surface area (Å²) in [5.41, 5.74) is 1.35. The second kappa shape index (κ2) is 6.01. The minimum atomic E-state index is -0.288. The third-order valence-corrected chi connectivity index (χ3v) is 2.77. The van der Waals surface area contributed by atoms with Crippen LogP contribution in [0.5, 0.6) is 0 Å². The number of rotatable bonds is 5. The lowest BCUT2D eigenvalue weighted by molar-refractivity contribution is 0.176. The lowest BCUT2D eigenvalue weighted by Gasteiger charge is -2.19. The molecule has 3 heteroatoms. The fourth-order valence-corrected chi connectivity index (χ4v) is 1.60. The molecular weight excluding hydrogens is 212 g/mol. The first-order valence-corrected chi connectivity index (χ1v) is 6.32. The quantitative estimate of drug-likeness (QED) is 0.826. The predicted octanol–water partition coefficient (Wildman–Crippen LogP) is 2.95. The van der Waals surface area contributed by atoms with Crippen LogP contribution in [-0.2, 0) is 5.41 Å². The highest BCUT2D eigenvalue weighted by molar-refractivity contribution is 5.37. The molecular formula is C14H24N2O. The van der Waals surface area contributed by atoms with Gasteiger partial charge in [0.2, 0.25) is 0 Å². The molecule has 1 aromatic heterocycles. The molecule has 0 spiro atoms. The van der Waals surface area contributed by atoms with E-state index in [1.165, 1.54) is 5.56 Å². The minimum Gasteiger partial charge on any atom is -0.391 e. The van der Waals surface area contributed by atoms with Crippen molar-refractivity contribution in [3.63, 3.8) is 0 Å². The molecule has 1 aromatic rings. The Morgan fingerprint density at radius 3 is 2.53 bits per heavy atom. The molecule has 17 heavy (non-hydrogen) atoms. The molecule has 3 nitrogen and oxygen atoms in total. The fraction of sp³-hybridized carbons (Fsp3) is 0.643. The van der Waals surface area contributed by atoms with Gasteiger partial charge in [-0.25, -0.2) is 4.98 Å². The van der Waals surface area contributed by atoms with Crippen LogP contribution in [0.3, 0.4) is 0 Å². The molecule has 0 radical (unpaired) electrons.